The SMILES string of the molecule is C=C(C(=O)OCCC)C(C)O. The minimum Gasteiger partial charge on any atom is -0.462 e. The predicted octanol–water partition coefficient (Wildman–Crippen LogP) is 0.877. The number of esters is 1. The summed E-state index contributed by atoms with van der Waals surface area (Å²) in [5.74, 6) is -0.512. The fourth-order valence-corrected chi connectivity index (χ4v) is 0.458. The lowest BCUT2D eigenvalue weighted by molar-refractivity contribution is -0.140. The Bertz CT molecular complexity index is 149. The molecule has 0 rings (SSSR count). The molecule has 0 spiro atoms. The molecule has 0 saturated carbocycles. The number of aliphatic hydroxyl groups is 1. The van der Waals surface area contributed by atoms with Crippen LogP contribution in [0.2, 0.25) is 0 Å². The molecule has 0 aromatic heterocycles. The maximum Gasteiger partial charge on any atom is 0.336 e. The van der Waals surface area contributed by atoms with Gasteiger partial charge in [-0.3, -0.25) is 0 Å². The molecule has 1 atom stereocenters. The molecule has 0 fully saturated rings. The second-order valence-electron chi connectivity index (χ2n) is 2.34. The largest absolute Gasteiger partial charge is 0.462 e. The van der Waals surface area contributed by atoms with Gasteiger partial charge in [0.05, 0.1) is 18.3 Å². The highest BCUT2D eigenvalue weighted by Crippen LogP contribution is 2.00. The molecule has 0 heterocycles. The van der Waals surface area contributed by atoms with Crippen molar-refractivity contribution in [3.63, 3.8) is 0 Å². The van der Waals surface area contributed by atoms with Gasteiger partial charge in [-0.05, 0) is 13.3 Å². The summed E-state index contributed by atoms with van der Waals surface area (Å²) in [6.07, 6.45) is -0.0434. The topological polar surface area (TPSA) is 46.5 Å². The van der Waals surface area contributed by atoms with Crippen LogP contribution < -0.4 is 0 Å². The number of hydrogen-bond acceptors (Lipinski definition) is 3. The van der Waals surface area contributed by atoms with Crippen molar-refractivity contribution in [3.05, 3.63) is 12.2 Å². The quantitative estimate of drug-likeness (QED) is 0.488. The first-order chi connectivity index (χ1) is 5.09. The van der Waals surface area contributed by atoms with E-state index < -0.39 is 12.1 Å². The Kier molecular flexibility index (Phi) is 4.54. The molecule has 0 aliphatic carbocycles. The van der Waals surface area contributed by atoms with Crippen LogP contribution in [0.5, 0.6) is 0 Å². The molecule has 0 bridgehead atoms. The summed E-state index contributed by atoms with van der Waals surface area (Å²) in [7, 11) is 0. The summed E-state index contributed by atoms with van der Waals surface area (Å²) in [6.45, 7) is 7.14. The van der Waals surface area contributed by atoms with Crippen LogP contribution in [0.25, 0.3) is 0 Å². The average Bonchev–Trinajstić information content (AvgIpc) is 1.98. The maximum absolute atomic E-state index is 10.9. The van der Waals surface area contributed by atoms with E-state index in [2.05, 4.69) is 6.58 Å². The first-order valence-electron chi connectivity index (χ1n) is 3.63. The molecule has 0 aliphatic rings. The number of ether oxygens (including phenoxy) is 1. The average molecular weight is 158 g/mol. The summed E-state index contributed by atoms with van der Waals surface area (Å²) in [5, 5.41) is 8.89. The Morgan fingerprint density at radius 2 is 2.27 bits per heavy atom. The van der Waals surface area contributed by atoms with Crippen molar-refractivity contribution in [2.24, 2.45) is 0 Å². The van der Waals surface area contributed by atoms with Gasteiger partial charge in [-0.15, -0.1) is 0 Å². The standard InChI is InChI=1S/C8H14O3/c1-4-5-11-8(10)6(2)7(3)9/h7,9H,2,4-5H2,1,3H3. The van der Waals surface area contributed by atoms with Gasteiger partial charge in [-0.2, -0.15) is 0 Å². The normalized spacial score (nSPS) is 12.3. The molecule has 1 N–H and O–H groups in total. The lowest BCUT2D eigenvalue weighted by Crippen LogP contribution is -2.16. The van der Waals surface area contributed by atoms with E-state index in [4.69, 9.17) is 9.84 Å². The molecule has 3 heteroatoms. The Labute approximate surface area is 66.7 Å². The van der Waals surface area contributed by atoms with Crippen molar-refractivity contribution in [2.75, 3.05) is 6.61 Å². The van der Waals surface area contributed by atoms with Crippen LogP contribution in [0.3, 0.4) is 0 Å². The number of aliphatic hydroxyl groups excluding tert-OH is 1. The highest BCUT2D eigenvalue weighted by atomic mass is 16.5. The van der Waals surface area contributed by atoms with Crippen LogP contribution in [-0.4, -0.2) is 23.8 Å². The van der Waals surface area contributed by atoms with Crippen LogP contribution in [-0.2, 0) is 9.53 Å². The van der Waals surface area contributed by atoms with E-state index in [9.17, 15) is 4.79 Å². The van der Waals surface area contributed by atoms with Crippen LogP contribution >= 0.6 is 0 Å². The van der Waals surface area contributed by atoms with E-state index in [0.29, 0.717) is 6.61 Å². The number of hydrogen-bond donors (Lipinski definition) is 1. The number of carbonyl (C=O) groups excluding carboxylic acids is 1. The molecule has 0 aromatic carbocycles. The summed E-state index contributed by atoms with van der Waals surface area (Å²) < 4.78 is 4.72. The Morgan fingerprint density at radius 1 is 1.73 bits per heavy atom. The molecule has 0 aliphatic heterocycles. The molecule has 0 radical (unpaired) electrons. The lowest BCUT2D eigenvalue weighted by Gasteiger charge is -2.07. The highest BCUT2D eigenvalue weighted by Gasteiger charge is 2.12. The second-order valence-corrected chi connectivity index (χ2v) is 2.34. The Morgan fingerprint density at radius 3 is 2.64 bits per heavy atom. The number of carbonyl (C=O) groups is 1. The zero-order valence-corrected chi connectivity index (χ0v) is 6.96. The van der Waals surface area contributed by atoms with Gasteiger partial charge in [0, 0.05) is 0 Å². The van der Waals surface area contributed by atoms with Crippen molar-refractivity contribution in [1.82, 2.24) is 0 Å². The van der Waals surface area contributed by atoms with Gasteiger partial charge in [0.25, 0.3) is 0 Å². The number of rotatable bonds is 4. The van der Waals surface area contributed by atoms with Gasteiger partial charge in [0.1, 0.15) is 0 Å². The molecule has 1 unspecified atom stereocenters. The summed E-state index contributed by atoms with van der Waals surface area (Å²) in [6, 6.07) is 0. The van der Waals surface area contributed by atoms with Crippen molar-refractivity contribution in [2.45, 2.75) is 26.4 Å². The minimum absolute atomic E-state index is 0.110. The second kappa shape index (κ2) is 4.91. The smallest absolute Gasteiger partial charge is 0.336 e. The zero-order chi connectivity index (χ0) is 8.85. The van der Waals surface area contributed by atoms with Gasteiger partial charge in [0.15, 0.2) is 0 Å². The Hall–Kier alpha value is -0.830. The van der Waals surface area contributed by atoms with Crippen molar-refractivity contribution < 1.29 is 14.6 Å². The first-order valence-corrected chi connectivity index (χ1v) is 3.63. The van der Waals surface area contributed by atoms with E-state index in [1.807, 2.05) is 6.92 Å². The first kappa shape index (κ1) is 10.2. The maximum atomic E-state index is 10.9. The zero-order valence-electron chi connectivity index (χ0n) is 6.96. The molecule has 3 nitrogen and oxygen atoms in total. The summed E-state index contributed by atoms with van der Waals surface area (Å²) >= 11 is 0. The molecule has 64 valence electrons. The monoisotopic (exact) mass is 158 g/mol. The fourth-order valence-electron chi connectivity index (χ4n) is 0.458. The fraction of sp³-hybridized carbons (Fsp3) is 0.625. The lowest BCUT2D eigenvalue weighted by atomic mass is 10.2. The minimum atomic E-state index is -0.820. The van der Waals surface area contributed by atoms with Gasteiger partial charge >= 0.3 is 5.97 Å². The van der Waals surface area contributed by atoms with E-state index in [1.54, 1.807) is 0 Å². The van der Waals surface area contributed by atoms with E-state index in [0.717, 1.165) is 6.42 Å². The third kappa shape index (κ3) is 3.78. The molecule has 11 heavy (non-hydrogen) atoms. The van der Waals surface area contributed by atoms with E-state index in [-0.39, 0.29) is 5.57 Å². The van der Waals surface area contributed by atoms with Crippen molar-refractivity contribution in [3.8, 4) is 0 Å². The van der Waals surface area contributed by atoms with E-state index >= 15 is 0 Å². The van der Waals surface area contributed by atoms with Crippen molar-refractivity contribution in [1.29, 1.82) is 0 Å². The van der Waals surface area contributed by atoms with Gasteiger partial charge in [0.2, 0.25) is 0 Å². The molecular weight excluding hydrogens is 144 g/mol. The third-order valence-electron chi connectivity index (χ3n) is 1.20. The molecule has 0 aromatic rings. The molecule has 0 saturated heterocycles. The molecular formula is C8H14O3. The van der Waals surface area contributed by atoms with Crippen LogP contribution in [0, 0.1) is 0 Å². The summed E-state index contributed by atoms with van der Waals surface area (Å²) in [5.41, 5.74) is 0.110. The van der Waals surface area contributed by atoms with Gasteiger partial charge in [-0.25, -0.2) is 4.79 Å². The molecule has 0 amide bonds. The van der Waals surface area contributed by atoms with E-state index in [1.165, 1.54) is 6.92 Å². The predicted molar refractivity (Wildman–Crippen MR) is 42.1 cm³/mol. The van der Waals surface area contributed by atoms with Gasteiger partial charge in [-0.1, -0.05) is 13.5 Å². The van der Waals surface area contributed by atoms with Gasteiger partial charge < -0.3 is 9.84 Å². The van der Waals surface area contributed by atoms with Crippen molar-refractivity contribution >= 4 is 5.97 Å². The highest BCUT2D eigenvalue weighted by molar-refractivity contribution is 5.88. The third-order valence-corrected chi connectivity index (χ3v) is 1.20. The van der Waals surface area contributed by atoms with Crippen LogP contribution in [0.4, 0.5) is 0 Å². The van der Waals surface area contributed by atoms with Crippen LogP contribution in [0.1, 0.15) is 20.3 Å². The summed E-state index contributed by atoms with van der Waals surface area (Å²) in [4.78, 5) is 10.9. The van der Waals surface area contributed by atoms with Crippen LogP contribution in [0.15, 0.2) is 12.2 Å². The Balaban J connectivity index is 3.75.